The number of piperidine rings is 1. The third-order valence-corrected chi connectivity index (χ3v) is 8.60. The molecule has 0 spiro atoms. The van der Waals surface area contributed by atoms with Crippen molar-refractivity contribution in [2.24, 2.45) is 5.73 Å². The van der Waals surface area contributed by atoms with E-state index in [9.17, 15) is 26.8 Å². The molecule has 2 fully saturated rings. The van der Waals surface area contributed by atoms with E-state index in [-0.39, 0.29) is 31.5 Å². The molecule has 206 valence electrons. The summed E-state index contributed by atoms with van der Waals surface area (Å²) >= 11 is 5.79. The first-order valence-corrected chi connectivity index (χ1v) is 13.6. The number of amides is 2. The van der Waals surface area contributed by atoms with Crippen LogP contribution >= 0.6 is 11.6 Å². The SMILES string of the molecule is CN1CCC(OC(=O)N2CCN(S(=O)(=O)c3cc(F)c(Oc4ccc(Cl)cc4)c(F)c3)[C@@H](C(N)=O)C2)CC1. The van der Waals surface area contributed by atoms with Crippen molar-refractivity contribution in [3.05, 3.63) is 53.1 Å². The fourth-order valence-electron chi connectivity index (χ4n) is 4.31. The average Bonchev–Trinajstić information content (AvgIpc) is 2.88. The van der Waals surface area contributed by atoms with Crippen molar-refractivity contribution in [1.29, 1.82) is 0 Å². The van der Waals surface area contributed by atoms with Gasteiger partial charge in [-0.2, -0.15) is 4.31 Å². The van der Waals surface area contributed by atoms with E-state index >= 15 is 0 Å². The predicted octanol–water partition coefficient (Wildman–Crippen LogP) is 2.80. The number of hydrogen-bond acceptors (Lipinski definition) is 7. The van der Waals surface area contributed by atoms with Gasteiger partial charge in [0.25, 0.3) is 0 Å². The van der Waals surface area contributed by atoms with Crippen LogP contribution in [0.2, 0.25) is 5.02 Å². The highest BCUT2D eigenvalue weighted by Crippen LogP contribution is 2.32. The van der Waals surface area contributed by atoms with Crippen LogP contribution in [0.4, 0.5) is 13.6 Å². The zero-order valence-electron chi connectivity index (χ0n) is 20.5. The van der Waals surface area contributed by atoms with Crippen molar-refractivity contribution >= 4 is 33.6 Å². The molecule has 14 heteroatoms. The summed E-state index contributed by atoms with van der Waals surface area (Å²) in [6.07, 6.45) is 0.353. The van der Waals surface area contributed by atoms with Crippen LogP contribution in [-0.4, -0.2) is 86.4 Å². The fourth-order valence-corrected chi connectivity index (χ4v) is 6.04. The number of hydrogen-bond donors (Lipinski definition) is 1. The van der Waals surface area contributed by atoms with Crippen molar-refractivity contribution in [2.75, 3.05) is 39.8 Å². The van der Waals surface area contributed by atoms with Gasteiger partial charge in [0.2, 0.25) is 15.9 Å². The van der Waals surface area contributed by atoms with Gasteiger partial charge in [0, 0.05) is 37.7 Å². The highest BCUT2D eigenvalue weighted by atomic mass is 35.5. The number of ether oxygens (including phenoxy) is 2. The lowest BCUT2D eigenvalue weighted by Crippen LogP contribution is -2.61. The molecule has 2 aliphatic rings. The van der Waals surface area contributed by atoms with E-state index in [0.29, 0.717) is 30.0 Å². The van der Waals surface area contributed by atoms with E-state index in [0.717, 1.165) is 17.4 Å². The van der Waals surface area contributed by atoms with Crippen LogP contribution in [0.15, 0.2) is 41.3 Å². The molecule has 0 unspecified atom stereocenters. The molecule has 10 nitrogen and oxygen atoms in total. The third kappa shape index (κ3) is 6.17. The minimum absolute atomic E-state index is 0.0832. The molecule has 4 rings (SSSR count). The second kappa shape index (κ2) is 11.4. The molecule has 0 aliphatic carbocycles. The molecule has 2 aromatic rings. The van der Waals surface area contributed by atoms with Gasteiger partial charge in [0.15, 0.2) is 17.4 Å². The fraction of sp³-hybridized carbons (Fsp3) is 0.417. The highest BCUT2D eigenvalue weighted by Gasteiger charge is 2.42. The van der Waals surface area contributed by atoms with Crippen LogP contribution in [0.25, 0.3) is 0 Å². The number of primary amides is 1. The van der Waals surface area contributed by atoms with Gasteiger partial charge in [0.1, 0.15) is 17.9 Å². The summed E-state index contributed by atoms with van der Waals surface area (Å²) in [4.78, 5) is 27.5. The van der Waals surface area contributed by atoms with E-state index in [1.807, 2.05) is 7.05 Å². The summed E-state index contributed by atoms with van der Waals surface area (Å²) in [5.74, 6) is -4.28. The maximum absolute atomic E-state index is 14.8. The van der Waals surface area contributed by atoms with Gasteiger partial charge in [-0.05, 0) is 56.3 Å². The number of carbonyl (C=O) groups excluding carboxylic acids is 2. The summed E-state index contributed by atoms with van der Waals surface area (Å²) in [6, 6.07) is 5.43. The Bertz CT molecular complexity index is 1280. The molecule has 0 aromatic heterocycles. The molecular formula is C24H27ClF2N4O6S. The van der Waals surface area contributed by atoms with Crippen molar-refractivity contribution in [1.82, 2.24) is 14.1 Å². The van der Waals surface area contributed by atoms with Gasteiger partial charge in [-0.3, -0.25) is 4.79 Å². The lowest BCUT2D eigenvalue weighted by Gasteiger charge is -2.39. The van der Waals surface area contributed by atoms with Crippen molar-refractivity contribution < 1.29 is 36.3 Å². The first-order valence-electron chi connectivity index (χ1n) is 11.8. The highest BCUT2D eigenvalue weighted by molar-refractivity contribution is 7.89. The molecular weight excluding hydrogens is 546 g/mol. The second-order valence-corrected chi connectivity index (χ2v) is 11.5. The van der Waals surface area contributed by atoms with Crippen LogP contribution in [0.3, 0.4) is 0 Å². The number of rotatable bonds is 6. The number of nitrogens with zero attached hydrogens (tertiary/aromatic N) is 3. The van der Waals surface area contributed by atoms with Gasteiger partial charge in [-0.1, -0.05) is 11.6 Å². The molecule has 0 radical (unpaired) electrons. The minimum atomic E-state index is -4.58. The Morgan fingerprint density at radius 3 is 2.21 bits per heavy atom. The second-order valence-electron chi connectivity index (χ2n) is 9.14. The van der Waals surface area contributed by atoms with Crippen LogP contribution < -0.4 is 10.5 Å². The lowest BCUT2D eigenvalue weighted by molar-refractivity contribution is -0.123. The van der Waals surface area contributed by atoms with Crippen molar-refractivity contribution in [3.8, 4) is 11.5 Å². The monoisotopic (exact) mass is 572 g/mol. The van der Waals surface area contributed by atoms with Crippen LogP contribution in [0, 0.1) is 11.6 Å². The summed E-state index contributed by atoms with van der Waals surface area (Å²) in [5.41, 5.74) is 5.47. The Labute approximate surface area is 223 Å². The van der Waals surface area contributed by atoms with Gasteiger partial charge in [-0.15, -0.1) is 0 Å². The standard InChI is InChI=1S/C24H27ClF2N4O6S/c1-29-8-6-17(7-9-29)37-24(33)30-10-11-31(21(14-30)23(28)32)38(34,35)18-12-19(26)22(20(27)13-18)36-16-4-2-15(25)3-5-16/h2-5,12-13,17,21H,6-11,14H2,1H3,(H2,28,32)/t21-/m1/s1. The Kier molecular flexibility index (Phi) is 8.40. The number of carbonyl (C=O) groups is 2. The molecule has 2 amide bonds. The molecule has 0 bridgehead atoms. The number of piperazine rings is 1. The van der Waals surface area contributed by atoms with E-state index < -0.39 is 50.3 Å². The number of benzene rings is 2. The van der Waals surface area contributed by atoms with E-state index in [2.05, 4.69) is 4.90 Å². The number of nitrogens with two attached hydrogens (primary N) is 1. The van der Waals surface area contributed by atoms with E-state index in [1.165, 1.54) is 29.2 Å². The maximum Gasteiger partial charge on any atom is 0.410 e. The van der Waals surface area contributed by atoms with Gasteiger partial charge >= 0.3 is 6.09 Å². The normalized spacial score (nSPS) is 19.8. The van der Waals surface area contributed by atoms with Gasteiger partial charge < -0.3 is 25.0 Å². The first-order chi connectivity index (χ1) is 18.0. The van der Waals surface area contributed by atoms with Gasteiger partial charge in [0.05, 0.1) is 4.90 Å². The molecule has 38 heavy (non-hydrogen) atoms. The van der Waals surface area contributed by atoms with Crippen molar-refractivity contribution in [2.45, 2.75) is 29.9 Å². The quantitative estimate of drug-likeness (QED) is 0.565. The van der Waals surface area contributed by atoms with Gasteiger partial charge in [-0.25, -0.2) is 22.0 Å². The zero-order valence-corrected chi connectivity index (χ0v) is 22.1. The molecule has 2 heterocycles. The average molecular weight is 573 g/mol. The number of likely N-dealkylation sites (tertiary alicyclic amines) is 1. The lowest BCUT2D eigenvalue weighted by atomic mass is 10.1. The summed E-state index contributed by atoms with van der Waals surface area (Å²) in [6.45, 7) is 0.750. The maximum atomic E-state index is 14.8. The van der Waals surface area contributed by atoms with E-state index in [4.69, 9.17) is 26.8 Å². The predicted molar refractivity (Wildman–Crippen MR) is 133 cm³/mol. The molecule has 2 aromatic carbocycles. The molecule has 1 atom stereocenters. The number of sulfonamides is 1. The number of halogens is 3. The summed E-state index contributed by atoms with van der Waals surface area (Å²) in [5, 5.41) is 0.388. The van der Waals surface area contributed by atoms with Crippen molar-refractivity contribution in [3.63, 3.8) is 0 Å². The van der Waals surface area contributed by atoms with Crippen LogP contribution in [-0.2, 0) is 19.6 Å². The first kappa shape index (κ1) is 28.0. The minimum Gasteiger partial charge on any atom is -0.451 e. The topological polar surface area (TPSA) is 122 Å². The Balaban J connectivity index is 1.50. The third-order valence-electron chi connectivity index (χ3n) is 6.46. The molecule has 0 saturated carbocycles. The van der Waals surface area contributed by atoms with Crippen LogP contribution in [0.1, 0.15) is 12.8 Å². The Morgan fingerprint density at radius 2 is 1.63 bits per heavy atom. The zero-order chi connectivity index (χ0) is 27.6. The molecule has 2 saturated heterocycles. The smallest absolute Gasteiger partial charge is 0.410 e. The molecule has 2 aliphatic heterocycles. The largest absolute Gasteiger partial charge is 0.451 e. The Morgan fingerprint density at radius 1 is 1.03 bits per heavy atom. The summed E-state index contributed by atoms with van der Waals surface area (Å²) in [7, 11) is -2.62. The van der Waals surface area contributed by atoms with Crippen LogP contribution in [0.5, 0.6) is 11.5 Å². The van der Waals surface area contributed by atoms with E-state index in [1.54, 1.807) is 0 Å². The summed E-state index contributed by atoms with van der Waals surface area (Å²) < 4.78 is 67.8. The molecule has 2 N–H and O–H groups in total. The Hall–Kier alpha value is -3.00.